The van der Waals surface area contributed by atoms with Crippen molar-refractivity contribution in [3.63, 3.8) is 0 Å². The van der Waals surface area contributed by atoms with Crippen LogP contribution in [0.3, 0.4) is 0 Å². The highest BCUT2D eigenvalue weighted by atomic mass is 16.5. The molecule has 32 heavy (non-hydrogen) atoms. The lowest BCUT2D eigenvalue weighted by molar-refractivity contribution is -0.134. The van der Waals surface area contributed by atoms with E-state index in [4.69, 9.17) is 9.47 Å². The van der Waals surface area contributed by atoms with E-state index in [1.807, 2.05) is 12.1 Å². The van der Waals surface area contributed by atoms with Gasteiger partial charge < -0.3 is 19.7 Å². The second-order valence-electron chi connectivity index (χ2n) is 8.67. The number of nitrogens with one attached hydrogen (secondary N) is 1. The van der Waals surface area contributed by atoms with Crippen molar-refractivity contribution in [2.75, 3.05) is 41.4 Å². The highest BCUT2D eigenvalue weighted by molar-refractivity contribution is 5.97. The van der Waals surface area contributed by atoms with Crippen LogP contribution in [0.4, 0.5) is 0 Å². The molecule has 2 aliphatic rings. The van der Waals surface area contributed by atoms with Crippen LogP contribution in [-0.4, -0.2) is 78.5 Å². The van der Waals surface area contributed by atoms with Gasteiger partial charge in [-0.05, 0) is 30.5 Å². The van der Waals surface area contributed by atoms with E-state index in [0.29, 0.717) is 49.8 Å². The Hall–Kier alpha value is -3.20. The van der Waals surface area contributed by atoms with Gasteiger partial charge in [0, 0.05) is 57.3 Å². The number of aryl methyl sites for hydroxylation is 1. The SMILES string of the molecule is COc1ccc2c(c1)C(=O)N[C@@]1(CC2)CN(Cc2cnc(OC)nc2)C[C@@H]1C(=O)N(C)C. The molecule has 1 saturated heterocycles. The van der Waals surface area contributed by atoms with E-state index >= 15 is 0 Å². The van der Waals surface area contributed by atoms with Crippen molar-refractivity contribution in [2.45, 2.75) is 24.9 Å². The Balaban J connectivity index is 1.62. The monoisotopic (exact) mass is 439 g/mol. The molecule has 0 radical (unpaired) electrons. The van der Waals surface area contributed by atoms with Crippen LogP contribution in [0.15, 0.2) is 30.6 Å². The van der Waals surface area contributed by atoms with Gasteiger partial charge in [0.05, 0.1) is 25.7 Å². The summed E-state index contributed by atoms with van der Waals surface area (Å²) < 4.78 is 10.3. The minimum Gasteiger partial charge on any atom is -0.497 e. The van der Waals surface area contributed by atoms with Crippen LogP contribution in [0.5, 0.6) is 11.8 Å². The van der Waals surface area contributed by atoms with Gasteiger partial charge in [0.2, 0.25) is 5.91 Å². The maximum atomic E-state index is 13.3. The summed E-state index contributed by atoms with van der Waals surface area (Å²) in [6.07, 6.45) is 4.84. The molecule has 1 aromatic carbocycles. The molecule has 1 N–H and O–H groups in total. The average Bonchev–Trinajstić information content (AvgIpc) is 3.07. The van der Waals surface area contributed by atoms with Crippen molar-refractivity contribution >= 4 is 11.8 Å². The maximum absolute atomic E-state index is 13.3. The molecule has 2 aliphatic heterocycles. The standard InChI is InChI=1S/C23H29N5O4/c1-27(2)21(30)19-13-28(12-15-10-24-22(32-4)25-11-15)14-23(19)8-7-16-5-6-17(31-3)9-18(16)20(29)26-23/h5-6,9-11,19H,7-8,12-14H2,1-4H3,(H,26,29)/t19-,23+/m1/s1. The number of rotatable bonds is 5. The summed E-state index contributed by atoms with van der Waals surface area (Å²) >= 11 is 0. The normalized spacial score (nSPS) is 22.8. The minimum absolute atomic E-state index is 0.0160. The van der Waals surface area contributed by atoms with Gasteiger partial charge in [-0.3, -0.25) is 14.5 Å². The number of methoxy groups -OCH3 is 2. The fourth-order valence-electron chi connectivity index (χ4n) is 4.75. The zero-order valence-electron chi connectivity index (χ0n) is 18.9. The molecule has 9 heteroatoms. The minimum atomic E-state index is -0.655. The summed E-state index contributed by atoms with van der Waals surface area (Å²) in [4.78, 5) is 38.6. The highest BCUT2D eigenvalue weighted by Gasteiger charge is 2.52. The molecule has 4 rings (SSSR count). The molecule has 170 valence electrons. The first kappa shape index (κ1) is 22.0. The van der Waals surface area contributed by atoms with E-state index in [0.717, 1.165) is 11.1 Å². The number of likely N-dealkylation sites (tertiary alicyclic amines) is 1. The molecule has 2 aromatic rings. The first-order chi connectivity index (χ1) is 15.3. The Morgan fingerprint density at radius 2 is 2.00 bits per heavy atom. The second-order valence-corrected chi connectivity index (χ2v) is 8.67. The molecule has 0 bridgehead atoms. The third-order valence-corrected chi connectivity index (χ3v) is 6.39. The van der Waals surface area contributed by atoms with Gasteiger partial charge in [0.25, 0.3) is 5.91 Å². The molecular weight excluding hydrogens is 410 g/mol. The van der Waals surface area contributed by atoms with Gasteiger partial charge in [0.1, 0.15) is 5.75 Å². The van der Waals surface area contributed by atoms with Crippen molar-refractivity contribution in [1.82, 2.24) is 25.1 Å². The van der Waals surface area contributed by atoms with Crippen molar-refractivity contribution in [2.24, 2.45) is 5.92 Å². The largest absolute Gasteiger partial charge is 0.497 e. The molecule has 0 aliphatic carbocycles. The first-order valence-electron chi connectivity index (χ1n) is 10.6. The van der Waals surface area contributed by atoms with Crippen molar-refractivity contribution in [3.05, 3.63) is 47.3 Å². The number of hydrogen-bond donors (Lipinski definition) is 1. The van der Waals surface area contributed by atoms with Crippen LogP contribution < -0.4 is 14.8 Å². The van der Waals surface area contributed by atoms with Crippen LogP contribution in [-0.2, 0) is 17.8 Å². The molecule has 9 nitrogen and oxygen atoms in total. The molecule has 3 heterocycles. The summed E-state index contributed by atoms with van der Waals surface area (Å²) in [6, 6.07) is 5.90. The van der Waals surface area contributed by atoms with Gasteiger partial charge >= 0.3 is 6.01 Å². The van der Waals surface area contributed by atoms with Crippen LogP contribution in [0.25, 0.3) is 0 Å². The average molecular weight is 440 g/mol. The zero-order valence-corrected chi connectivity index (χ0v) is 18.9. The van der Waals surface area contributed by atoms with Gasteiger partial charge in [-0.1, -0.05) is 6.07 Å². The Bertz CT molecular complexity index is 1010. The fraction of sp³-hybridized carbons (Fsp3) is 0.478. The van der Waals surface area contributed by atoms with Crippen LogP contribution in [0.2, 0.25) is 0 Å². The molecule has 0 unspecified atom stereocenters. The number of amides is 2. The predicted octanol–water partition coefficient (Wildman–Crippen LogP) is 1.13. The first-order valence-corrected chi connectivity index (χ1v) is 10.6. The van der Waals surface area contributed by atoms with E-state index in [2.05, 4.69) is 20.2 Å². The lowest BCUT2D eigenvalue weighted by atomic mass is 9.81. The highest BCUT2D eigenvalue weighted by Crippen LogP contribution is 2.37. The molecule has 1 aromatic heterocycles. The van der Waals surface area contributed by atoms with Gasteiger partial charge in [0.15, 0.2) is 0 Å². The fourth-order valence-corrected chi connectivity index (χ4v) is 4.75. The quantitative estimate of drug-likeness (QED) is 0.746. The van der Waals surface area contributed by atoms with Gasteiger partial charge in [-0.2, -0.15) is 0 Å². The van der Waals surface area contributed by atoms with E-state index in [9.17, 15) is 9.59 Å². The number of benzene rings is 1. The summed E-state index contributed by atoms with van der Waals surface area (Å²) in [6.45, 7) is 1.70. The van der Waals surface area contributed by atoms with Crippen molar-refractivity contribution < 1.29 is 19.1 Å². The van der Waals surface area contributed by atoms with Crippen molar-refractivity contribution in [1.29, 1.82) is 0 Å². The third-order valence-electron chi connectivity index (χ3n) is 6.39. The van der Waals surface area contributed by atoms with E-state index < -0.39 is 5.54 Å². The second kappa shape index (κ2) is 8.74. The van der Waals surface area contributed by atoms with Crippen LogP contribution >= 0.6 is 0 Å². The summed E-state index contributed by atoms with van der Waals surface area (Å²) in [5.41, 5.74) is 1.85. The predicted molar refractivity (Wildman–Crippen MR) is 118 cm³/mol. The smallest absolute Gasteiger partial charge is 0.316 e. The van der Waals surface area contributed by atoms with Crippen LogP contribution in [0, 0.1) is 5.92 Å². The van der Waals surface area contributed by atoms with E-state index in [1.165, 1.54) is 7.11 Å². The lowest BCUT2D eigenvalue weighted by Crippen LogP contribution is -2.57. The number of carbonyl (C=O) groups excluding carboxylic acids is 2. The lowest BCUT2D eigenvalue weighted by Gasteiger charge is -2.35. The topological polar surface area (TPSA) is 96.9 Å². The summed E-state index contributed by atoms with van der Waals surface area (Å²) in [7, 11) is 6.63. The van der Waals surface area contributed by atoms with E-state index in [-0.39, 0.29) is 17.7 Å². The van der Waals surface area contributed by atoms with Crippen molar-refractivity contribution in [3.8, 4) is 11.8 Å². The number of fused-ring (bicyclic) bond motifs is 1. The van der Waals surface area contributed by atoms with Gasteiger partial charge in [-0.25, -0.2) is 9.97 Å². The number of hydrogen-bond acceptors (Lipinski definition) is 7. The number of carbonyl (C=O) groups is 2. The molecule has 0 saturated carbocycles. The Labute approximate surface area is 187 Å². The zero-order chi connectivity index (χ0) is 22.9. The van der Waals surface area contributed by atoms with Crippen LogP contribution in [0.1, 0.15) is 27.9 Å². The number of ether oxygens (including phenoxy) is 2. The molecule has 1 fully saturated rings. The Kier molecular flexibility index (Phi) is 6.01. The molecule has 2 atom stereocenters. The molecular formula is C23H29N5O4. The third kappa shape index (κ3) is 4.12. The Morgan fingerprint density at radius 1 is 1.25 bits per heavy atom. The van der Waals surface area contributed by atoms with E-state index in [1.54, 1.807) is 44.6 Å². The van der Waals surface area contributed by atoms with Gasteiger partial charge in [-0.15, -0.1) is 0 Å². The summed E-state index contributed by atoms with van der Waals surface area (Å²) in [5.74, 6) is 0.144. The number of aromatic nitrogens is 2. The molecule has 1 spiro atoms. The Morgan fingerprint density at radius 3 is 2.66 bits per heavy atom. The number of nitrogens with zero attached hydrogens (tertiary/aromatic N) is 4. The maximum Gasteiger partial charge on any atom is 0.316 e. The molecule has 2 amide bonds. The summed E-state index contributed by atoms with van der Waals surface area (Å²) in [5, 5.41) is 3.25.